The highest BCUT2D eigenvalue weighted by Crippen LogP contribution is 2.27. The van der Waals surface area contributed by atoms with E-state index in [9.17, 15) is 4.79 Å². The number of fused-ring (bicyclic) bond motifs is 1. The van der Waals surface area contributed by atoms with Gasteiger partial charge in [-0.1, -0.05) is 30.3 Å². The summed E-state index contributed by atoms with van der Waals surface area (Å²) in [5.41, 5.74) is 5.61. The first-order valence-electron chi connectivity index (χ1n) is 9.15. The molecule has 26 heavy (non-hydrogen) atoms. The largest absolute Gasteiger partial charge is 0.451 e. The standard InChI is InChI=1S/C22H24N2O2/c1-15-7-6-9-19(16(15)2)23-11-13-24(14-12-23)22(25)21-17(3)18-8-4-5-10-20(18)26-21/h4-10H,11-14H2,1-3H3. The Labute approximate surface area is 154 Å². The van der Waals surface area contributed by atoms with Gasteiger partial charge in [0, 0.05) is 42.8 Å². The molecule has 1 aliphatic rings. The number of carbonyl (C=O) groups is 1. The Bertz CT molecular complexity index is 965. The number of benzene rings is 2. The van der Waals surface area contributed by atoms with Gasteiger partial charge in [-0.2, -0.15) is 0 Å². The molecule has 0 atom stereocenters. The summed E-state index contributed by atoms with van der Waals surface area (Å²) in [6.07, 6.45) is 0. The van der Waals surface area contributed by atoms with Crippen LogP contribution in [-0.4, -0.2) is 37.0 Å². The molecule has 0 radical (unpaired) electrons. The van der Waals surface area contributed by atoms with Gasteiger partial charge < -0.3 is 14.2 Å². The molecule has 0 bridgehead atoms. The summed E-state index contributed by atoms with van der Waals surface area (Å²) >= 11 is 0. The van der Waals surface area contributed by atoms with Gasteiger partial charge in [0.2, 0.25) is 0 Å². The van der Waals surface area contributed by atoms with Crippen molar-refractivity contribution < 1.29 is 9.21 Å². The number of rotatable bonds is 2. The molecule has 3 aromatic rings. The van der Waals surface area contributed by atoms with Crippen molar-refractivity contribution in [3.63, 3.8) is 0 Å². The van der Waals surface area contributed by atoms with E-state index in [0.717, 1.165) is 29.6 Å². The van der Waals surface area contributed by atoms with Crippen molar-refractivity contribution in [2.75, 3.05) is 31.1 Å². The highest BCUT2D eigenvalue weighted by atomic mass is 16.3. The van der Waals surface area contributed by atoms with E-state index in [2.05, 4.69) is 36.9 Å². The first-order chi connectivity index (χ1) is 12.6. The fraction of sp³-hybridized carbons (Fsp3) is 0.318. The summed E-state index contributed by atoms with van der Waals surface area (Å²) < 4.78 is 5.86. The van der Waals surface area contributed by atoms with Gasteiger partial charge in [0.15, 0.2) is 5.76 Å². The van der Waals surface area contributed by atoms with Crippen molar-refractivity contribution in [2.24, 2.45) is 0 Å². The van der Waals surface area contributed by atoms with Gasteiger partial charge in [-0.3, -0.25) is 4.79 Å². The molecular formula is C22H24N2O2. The van der Waals surface area contributed by atoms with Crippen molar-refractivity contribution in [1.29, 1.82) is 0 Å². The molecule has 1 amide bonds. The average Bonchev–Trinajstić information content (AvgIpc) is 3.01. The Kier molecular flexibility index (Phi) is 4.19. The molecule has 0 spiro atoms. The fourth-order valence-electron chi connectivity index (χ4n) is 3.75. The second-order valence-corrected chi connectivity index (χ2v) is 7.05. The Hall–Kier alpha value is -2.75. The van der Waals surface area contributed by atoms with Crippen LogP contribution < -0.4 is 4.90 Å². The molecule has 1 aromatic heterocycles. The van der Waals surface area contributed by atoms with Gasteiger partial charge in [0.05, 0.1) is 0 Å². The Balaban J connectivity index is 1.51. The summed E-state index contributed by atoms with van der Waals surface area (Å²) in [5.74, 6) is 0.478. The molecule has 0 unspecified atom stereocenters. The molecule has 134 valence electrons. The zero-order chi connectivity index (χ0) is 18.3. The lowest BCUT2D eigenvalue weighted by Gasteiger charge is -2.36. The van der Waals surface area contributed by atoms with Crippen LogP contribution >= 0.6 is 0 Å². The van der Waals surface area contributed by atoms with E-state index < -0.39 is 0 Å². The van der Waals surface area contributed by atoms with Crippen molar-refractivity contribution in [3.8, 4) is 0 Å². The van der Waals surface area contributed by atoms with Crippen LogP contribution in [0.4, 0.5) is 5.69 Å². The third-order valence-corrected chi connectivity index (χ3v) is 5.52. The molecule has 4 nitrogen and oxygen atoms in total. The molecule has 1 fully saturated rings. The monoisotopic (exact) mass is 348 g/mol. The second kappa shape index (κ2) is 6.52. The Morgan fingerprint density at radius 3 is 2.35 bits per heavy atom. The predicted octanol–water partition coefficient (Wildman–Crippen LogP) is 4.32. The van der Waals surface area contributed by atoms with E-state index in [1.165, 1.54) is 16.8 Å². The van der Waals surface area contributed by atoms with E-state index in [0.29, 0.717) is 18.8 Å². The van der Waals surface area contributed by atoms with Crippen LogP contribution in [0, 0.1) is 20.8 Å². The summed E-state index contributed by atoms with van der Waals surface area (Å²) in [5, 5.41) is 1.02. The normalized spacial score (nSPS) is 14.9. The van der Waals surface area contributed by atoms with Crippen molar-refractivity contribution in [2.45, 2.75) is 20.8 Å². The molecule has 4 heteroatoms. The number of carbonyl (C=O) groups excluding carboxylic acids is 1. The van der Waals surface area contributed by atoms with Gasteiger partial charge in [-0.25, -0.2) is 0 Å². The highest BCUT2D eigenvalue weighted by Gasteiger charge is 2.27. The van der Waals surface area contributed by atoms with Crippen LogP contribution in [0.2, 0.25) is 0 Å². The number of piperazine rings is 1. The highest BCUT2D eigenvalue weighted by molar-refractivity contribution is 5.99. The van der Waals surface area contributed by atoms with Crippen molar-refractivity contribution >= 4 is 22.6 Å². The van der Waals surface area contributed by atoms with Crippen LogP contribution in [0.5, 0.6) is 0 Å². The maximum atomic E-state index is 13.0. The summed E-state index contributed by atoms with van der Waals surface area (Å²) in [4.78, 5) is 17.2. The van der Waals surface area contributed by atoms with Crippen LogP contribution in [0.15, 0.2) is 46.9 Å². The van der Waals surface area contributed by atoms with E-state index >= 15 is 0 Å². The quantitative estimate of drug-likeness (QED) is 0.692. The summed E-state index contributed by atoms with van der Waals surface area (Å²) in [7, 11) is 0. The minimum absolute atomic E-state index is 0.000635. The molecule has 1 saturated heterocycles. The first kappa shape index (κ1) is 16.7. The van der Waals surface area contributed by atoms with Gasteiger partial charge in [0.25, 0.3) is 5.91 Å². The number of furan rings is 1. The van der Waals surface area contributed by atoms with Gasteiger partial charge in [-0.05, 0) is 44.0 Å². The van der Waals surface area contributed by atoms with E-state index in [-0.39, 0.29) is 5.91 Å². The first-order valence-corrected chi connectivity index (χ1v) is 9.15. The zero-order valence-electron chi connectivity index (χ0n) is 15.6. The topological polar surface area (TPSA) is 36.7 Å². The number of aryl methyl sites for hydroxylation is 2. The van der Waals surface area contributed by atoms with Gasteiger partial charge in [0.1, 0.15) is 5.58 Å². The second-order valence-electron chi connectivity index (χ2n) is 7.05. The lowest BCUT2D eigenvalue weighted by Crippen LogP contribution is -2.49. The minimum Gasteiger partial charge on any atom is -0.451 e. The van der Waals surface area contributed by atoms with Crippen LogP contribution in [0.1, 0.15) is 27.2 Å². The van der Waals surface area contributed by atoms with E-state index in [4.69, 9.17) is 4.42 Å². The molecule has 2 aromatic carbocycles. The lowest BCUT2D eigenvalue weighted by atomic mass is 10.1. The number of hydrogen-bond acceptors (Lipinski definition) is 3. The molecule has 4 rings (SSSR count). The van der Waals surface area contributed by atoms with Crippen LogP contribution in [0.25, 0.3) is 11.0 Å². The SMILES string of the molecule is Cc1cccc(N2CCN(C(=O)c3oc4ccccc4c3C)CC2)c1C. The molecular weight excluding hydrogens is 324 g/mol. The minimum atomic E-state index is -0.000635. The van der Waals surface area contributed by atoms with Crippen molar-refractivity contribution in [3.05, 3.63) is 64.9 Å². The van der Waals surface area contributed by atoms with Gasteiger partial charge in [-0.15, -0.1) is 0 Å². The van der Waals surface area contributed by atoms with Crippen LogP contribution in [0.3, 0.4) is 0 Å². The van der Waals surface area contributed by atoms with Gasteiger partial charge >= 0.3 is 0 Å². The third-order valence-electron chi connectivity index (χ3n) is 5.52. The van der Waals surface area contributed by atoms with E-state index in [1.807, 2.05) is 36.1 Å². The summed E-state index contributed by atoms with van der Waals surface area (Å²) in [6, 6.07) is 14.2. The van der Waals surface area contributed by atoms with Crippen LogP contribution in [-0.2, 0) is 0 Å². The molecule has 2 heterocycles. The predicted molar refractivity (Wildman–Crippen MR) is 105 cm³/mol. The third kappa shape index (κ3) is 2.75. The molecule has 0 aliphatic carbocycles. The number of amides is 1. The maximum absolute atomic E-state index is 13.0. The smallest absolute Gasteiger partial charge is 0.290 e. The fourth-order valence-corrected chi connectivity index (χ4v) is 3.75. The molecule has 0 saturated carbocycles. The summed E-state index contributed by atoms with van der Waals surface area (Å²) in [6.45, 7) is 9.38. The number of para-hydroxylation sites is 1. The Morgan fingerprint density at radius 1 is 0.885 bits per heavy atom. The number of anilines is 1. The number of nitrogens with zero attached hydrogens (tertiary/aromatic N) is 2. The molecule has 0 N–H and O–H groups in total. The average molecular weight is 348 g/mol. The lowest BCUT2D eigenvalue weighted by molar-refractivity contribution is 0.0716. The van der Waals surface area contributed by atoms with Crippen molar-refractivity contribution in [1.82, 2.24) is 4.90 Å². The zero-order valence-corrected chi connectivity index (χ0v) is 15.6. The number of hydrogen-bond donors (Lipinski definition) is 0. The maximum Gasteiger partial charge on any atom is 0.290 e. The Morgan fingerprint density at radius 2 is 1.62 bits per heavy atom. The molecule has 1 aliphatic heterocycles. The van der Waals surface area contributed by atoms with E-state index in [1.54, 1.807) is 0 Å².